The van der Waals surface area contributed by atoms with Crippen LogP contribution in [0.2, 0.25) is 0 Å². The Morgan fingerprint density at radius 1 is 0.520 bits per heavy atom. The molecule has 3 nitrogen and oxygen atoms in total. The zero-order chi connectivity index (χ0) is 19.7. The molecule has 25 heavy (non-hydrogen) atoms. The monoisotopic (exact) mass is 596 g/mol. The van der Waals surface area contributed by atoms with Crippen molar-refractivity contribution in [3.63, 3.8) is 0 Å². The van der Waals surface area contributed by atoms with Gasteiger partial charge in [0, 0.05) is 39.3 Å². The summed E-state index contributed by atoms with van der Waals surface area (Å²) in [6, 6.07) is 0. The van der Waals surface area contributed by atoms with Crippen LogP contribution in [-0.4, -0.2) is 66.9 Å². The van der Waals surface area contributed by atoms with E-state index >= 15 is 0 Å². The van der Waals surface area contributed by atoms with Crippen LogP contribution in [0.15, 0.2) is 0 Å². The van der Waals surface area contributed by atoms with Gasteiger partial charge in [0.05, 0.1) is 0 Å². The van der Waals surface area contributed by atoms with Crippen LogP contribution in [0.25, 0.3) is 0 Å². The quantitative estimate of drug-likeness (QED) is 0.335. The number of thiocarbonyl (C=S) groups is 3. The van der Waals surface area contributed by atoms with Gasteiger partial charge in [-0.25, -0.2) is 0 Å². The summed E-state index contributed by atoms with van der Waals surface area (Å²) in [6.07, 6.45) is 0. The summed E-state index contributed by atoms with van der Waals surface area (Å²) in [6.45, 7) is 17.8. The van der Waals surface area contributed by atoms with Gasteiger partial charge in [-0.05, 0) is 41.5 Å². The standard InChI is InChI=1S/3C5H11NS2.Sm/c3*1-3-6(4-2)5(7)8;/h3*3-4H2,1-2H3,(H,7,8);/q;;;+3/p-3. The smallest absolute Gasteiger partial charge is 0.411 e. The Hall–Kier alpha value is 1.67. The second-order valence-electron chi connectivity index (χ2n) is 4.31. The molecule has 1 radical (unpaired) electrons. The summed E-state index contributed by atoms with van der Waals surface area (Å²) in [4.78, 5) is 5.89. The molecule has 0 aromatic heterocycles. The molecule has 0 saturated heterocycles. The van der Waals surface area contributed by atoms with E-state index in [9.17, 15) is 0 Å². The number of hydrogen-bond donors (Lipinski definition) is 0. The minimum Gasteiger partial charge on any atom is -0.411 e. The molecule has 0 unspecified atom stereocenters. The van der Waals surface area contributed by atoms with E-state index in [0.29, 0.717) is 13.0 Å². The van der Waals surface area contributed by atoms with Gasteiger partial charge in [0.2, 0.25) is 0 Å². The van der Waals surface area contributed by atoms with Crippen molar-refractivity contribution in [2.45, 2.75) is 41.5 Å². The van der Waals surface area contributed by atoms with Gasteiger partial charge >= 0.3 is 40.4 Å². The molecule has 0 atom stereocenters. The van der Waals surface area contributed by atoms with Gasteiger partial charge in [0.15, 0.2) is 0 Å². The maximum absolute atomic E-state index is 4.76. The zero-order valence-electron chi connectivity index (χ0n) is 15.9. The molecule has 0 amide bonds. The largest absolute Gasteiger partial charge is 3.00 e. The summed E-state index contributed by atoms with van der Waals surface area (Å²) < 4.78 is 1.74. The van der Waals surface area contributed by atoms with Crippen LogP contribution in [0.3, 0.4) is 0 Å². The Bertz CT molecular complexity index is 294. The topological polar surface area (TPSA) is 9.72 Å². The number of rotatable bonds is 6. The molecule has 0 N–H and O–H groups in total. The van der Waals surface area contributed by atoms with Crippen LogP contribution < -0.4 is 0 Å². The van der Waals surface area contributed by atoms with E-state index in [1.807, 2.05) is 56.2 Å². The van der Waals surface area contributed by atoms with E-state index in [2.05, 4.69) is 0 Å². The molecular formula is C15H30N3S6Sm. The van der Waals surface area contributed by atoms with E-state index in [-0.39, 0.29) is 40.4 Å². The van der Waals surface area contributed by atoms with Crippen molar-refractivity contribution >= 4 is 87.5 Å². The normalized spacial score (nSPS) is 8.40. The van der Waals surface area contributed by atoms with Gasteiger partial charge in [0.25, 0.3) is 0 Å². The molecule has 0 aliphatic rings. The summed E-state index contributed by atoms with van der Waals surface area (Å²) in [5.41, 5.74) is 0. The number of nitrogens with zero attached hydrogens (tertiary/aromatic N) is 3. The van der Waals surface area contributed by atoms with Crippen LogP contribution in [0.1, 0.15) is 41.5 Å². The predicted octanol–water partition coefficient (Wildman–Crippen LogP) is 3.48. The molecular weight excluding hydrogens is 565 g/mol. The molecule has 0 bridgehead atoms. The molecule has 0 saturated carbocycles. The van der Waals surface area contributed by atoms with E-state index in [0.717, 1.165) is 39.3 Å². The minimum absolute atomic E-state index is 0. The first-order valence-electron chi connectivity index (χ1n) is 8.04. The molecule has 0 aliphatic heterocycles. The van der Waals surface area contributed by atoms with Gasteiger partial charge < -0.3 is 89.2 Å². The third kappa shape index (κ3) is 21.8. The Balaban J connectivity index is -0.000000130. The van der Waals surface area contributed by atoms with Crippen molar-refractivity contribution in [2.24, 2.45) is 0 Å². The van der Waals surface area contributed by atoms with Crippen LogP contribution in [0.4, 0.5) is 0 Å². The Kier molecular flexibility index (Phi) is 32.4. The molecule has 147 valence electrons. The third-order valence-electron chi connectivity index (χ3n) is 3.06. The average Bonchev–Trinajstić information content (AvgIpc) is 2.51. The van der Waals surface area contributed by atoms with Crippen molar-refractivity contribution in [1.29, 1.82) is 0 Å². The maximum atomic E-state index is 4.76. The fraction of sp³-hybridized carbons (Fsp3) is 0.800. The van der Waals surface area contributed by atoms with E-state index < -0.39 is 0 Å². The van der Waals surface area contributed by atoms with Gasteiger partial charge in [-0.15, -0.1) is 0 Å². The average molecular weight is 595 g/mol. The summed E-state index contributed by atoms with van der Waals surface area (Å²) in [7, 11) is 0. The fourth-order valence-corrected chi connectivity index (χ4v) is 2.99. The van der Waals surface area contributed by atoms with Crippen molar-refractivity contribution < 1.29 is 40.4 Å². The van der Waals surface area contributed by atoms with Gasteiger partial charge in [-0.3, -0.25) is 0 Å². The second-order valence-corrected chi connectivity index (χ2v) is 7.41. The first-order chi connectivity index (χ1) is 11.2. The molecule has 10 heteroatoms. The first kappa shape index (κ1) is 34.2. The van der Waals surface area contributed by atoms with Crippen LogP contribution >= 0.6 is 36.7 Å². The van der Waals surface area contributed by atoms with Crippen LogP contribution in [-0.2, 0) is 37.9 Å². The minimum atomic E-state index is 0. The van der Waals surface area contributed by atoms with Gasteiger partial charge in [-0.2, -0.15) is 0 Å². The van der Waals surface area contributed by atoms with E-state index in [1.54, 1.807) is 0 Å². The van der Waals surface area contributed by atoms with Crippen molar-refractivity contribution in [3.05, 3.63) is 0 Å². The van der Waals surface area contributed by atoms with Gasteiger partial charge in [0.1, 0.15) is 0 Å². The Labute approximate surface area is 220 Å². The first-order valence-corrected chi connectivity index (χ1v) is 10.5. The predicted molar refractivity (Wildman–Crippen MR) is 129 cm³/mol. The molecule has 0 fully saturated rings. The van der Waals surface area contributed by atoms with Crippen molar-refractivity contribution in [3.8, 4) is 0 Å². The second kappa shape index (κ2) is 23.7. The van der Waals surface area contributed by atoms with Crippen LogP contribution in [0, 0.1) is 40.4 Å². The SMILES string of the molecule is CCN(CC)C(=S)[S-].CCN(CC)C(=S)[S-].CCN(CC)C(=S)[S-].[Sm+3]. The zero-order valence-corrected chi connectivity index (χ0v) is 23.5. The van der Waals surface area contributed by atoms with Crippen molar-refractivity contribution in [2.75, 3.05) is 39.3 Å². The molecule has 0 heterocycles. The summed E-state index contributed by atoms with van der Waals surface area (Å²) >= 11 is 28.5. The Morgan fingerprint density at radius 2 is 0.640 bits per heavy atom. The van der Waals surface area contributed by atoms with E-state index in [1.165, 1.54) is 0 Å². The molecule has 0 aliphatic carbocycles. The summed E-state index contributed by atoms with van der Waals surface area (Å²) in [5.74, 6) is 0. The third-order valence-corrected chi connectivity index (χ3v) is 4.61. The molecule has 0 spiro atoms. The maximum Gasteiger partial charge on any atom is 3.00 e. The number of hydrogen-bond acceptors (Lipinski definition) is 6. The molecule has 0 rings (SSSR count). The van der Waals surface area contributed by atoms with Crippen molar-refractivity contribution in [1.82, 2.24) is 14.7 Å². The van der Waals surface area contributed by atoms with Gasteiger partial charge in [-0.1, -0.05) is 13.0 Å². The Morgan fingerprint density at radius 3 is 0.640 bits per heavy atom. The fourth-order valence-electron chi connectivity index (χ4n) is 1.45. The van der Waals surface area contributed by atoms with E-state index in [4.69, 9.17) is 74.5 Å². The summed E-state index contributed by atoms with van der Waals surface area (Å²) in [5, 5.41) is 0. The molecule has 0 aromatic rings. The molecule has 0 aromatic carbocycles. The van der Waals surface area contributed by atoms with Crippen LogP contribution in [0.5, 0.6) is 0 Å².